The maximum absolute atomic E-state index is 12.7. The maximum atomic E-state index is 12.7. The number of hydrogen-bond acceptors (Lipinski definition) is 5. The van der Waals surface area contributed by atoms with Crippen LogP contribution in [0.5, 0.6) is 0 Å². The Morgan fingerprint density at radius 3 is 2.21 bits per heavy atom. The highest BCUT2D eigenvalue weighted by Gasteiger charge is 2.55. The first-order valence-electron chi connectivity index (χ1n) is 9.32. The molecule has 0 radical (unpaired) electrons. The van der Waals surface area contributed by atoms with Crippen LogP contribution in [-0.2, 0) is 19.1 Å². The van der Waals surface area contributed by atoms with Gasteiger partial charge in [-0.3, -0.25) is 14.4 Å². The zero-order valence-electron chi connectivity index (χ0n) is 16.7. The molecule has 2 fully saturated rings. The highest BCUT2D eigenvalue weighted by Crippen LogP contribution is 2.46. The van der Waals surface area contributed by atoms with Crippen LogP contribution in [0.2, 0.25) is 0 Å². The molecule has 5 N–H and O–H groups in total. The molecular formula is C19H36N4O5S. The summed E-state index contributed by atoms with van der Waals surface area (Å²) in [5, 5.41) is 2.85. The summed E-state index contributed by atoms with van der Waals surface area (Å²) in [4.78, 5) is 48.7. The minimum atomic E-state index is -0.798. The SMILES string of the molecule is C.CC(C)(C)OC(=O)NC1CCC2(CC1)CN([C@@H](CCC(N)=O)C(N)=O)C2=O.S. The van der Waals surface area contributed by atoms with Gasteiger partial charge in [-0.25, -0.2) is 4.79 Å². The van der Waals surface area contributed by atoms with E-state index in [9.17, 15) is 19.2 Å². The van der Waals surface area contributed by atoms with Crippen LogP contribution in [0.25, 0.3) is 0 Å². The van der Waals surface area contributed by atoms with E-state index in [1.165, 1.54) is 4.90 Å². The third kappa shape index (κ3) is 6.80. The van der Waals surface area contributed by atoms with Gasteiger partial charge in [-0.1, -0.05) is 7.43 Å². The second kappa shape index (κ2) is 10.2. The second-order valence-electron chi connectivity index (χ2n) is 8.56. The van der Waals surface area contributed by atoms with Gasteiger partial charge >= 0.3 is 6.09 Å². The van der Waals surface area contributed by atoms with E-state index in [4.69, 9.17) is 16.2 Å². The van der Waals surface area contributed by atoms with Crippen molar-refractivity contribution in [3.8, 4) is 0 Å². The third-order valence-corrected chi connectivity index (χ3v) is 5.22. The molecular weight excluding hydrogens is 396 g/mol. The number of carbonyl (C=O) groups excluding carboxylic acids is 4. The van der Waals surface area contributed by atoms with Crippen molar-refractivity contribution in [3.63, 3.8) is 0 Å². The zero-order chi connectivity index (χ0) is 20.4. The molecule has 1 spiro atoms. The van der Waals surface area contributed by atoms with Gasteiger partial charge < -0.3 is 26.4 Å². The number of nitrogens with zero attached hydrogens (tertiary/aromatic N) is 1. The van der Waals surface area contributed by atoms with Gasteiger partial charge in [0.05, 0.1) is 5.41 Å². The van der Waals surface area contributed by atoms with Crippen LogP contribution in [-0.4, -0.2) is 52.9 Å². The Morgan fingerprint density at radius 1 is 1.24 bits per heavy atom. The number of ether oxygens (including phenoxy) is 1. The molecule has 1 atom stereocenters. The van der Waals surface area contributed by atoms with Gasteiger partial charge in [0.2, 0.25) is 17.7 Å². The van der Waals surface area contributed by atoms with Crippen LogP contribution in [0.3, 0.4) is 0 Å². The van der Waals surface area contributed by atoms with Gasteiger partial charge in [0.25, 0.3) is 0 Å². The van der Waals surface area contributed by atoms with E-state index in [0.717, 1.165) is 0 Å². The number of nitrogens with two attached hydrogens (primary N) is 2. The van der Waals surface area contributed by atoms with E-state index in [1.807, 2.05) is 0 Å². The molecule has 1 aliphatic heterocycles. The monoisotopic (exact) mass is 432 g/mol. The molecule has 2 aliphatic rings. The molecule has 0 bridgehead atoms. The molecule has 0 aromatic rings. The van der Waals surface area contributed by atoms with Gasteiger partial charge in [-0.15, -0.1) is 0 Å². The average Bonchev–Trinajstić information content (AvgIpc) is 2.53. The Bertz CT molecular complexity index is 627. The van der Waals surface area contributed by atoms with Crippen molar-refractivity contribution in [3.05, 3.63) is 0 Å². The number of alkyl carbamates (subject to hydrolysis) is 1. The molecule has 168 valence electrons. The van der Waals surface area contributed by atoms with E-state index >= 15 is 0 Å². The van der Waals surface area contributed by atoms with Gasteiger partial charge in [0.15, 0.2) is 0 Å². The number of rotatable bonds is 6. The largest absolute Gasteiger partial charge is 0.444 e. The number of β-lactam (4-membered cyclic amide) rings is 1. The Labute approximate surface area is 179 Å². The molecule has 1 heterocycles. The van der Waals surface area contributed by atoms with Crippen molar-refractivity contribution in [1.29, 1.82) is 0 Å². The standard InChI is InChI=1S/C18H30N4O5.CH4.H2S/c1-17(2,3)27-16(26)21-11-6-8-18(9-7-11)10-22(15(18)25)12(14(20)24)4-5-13(19)23;;/h11-12H,4-10H2,1-3H3,(H2,19,23)(H2,20,24)(H,21,26);1H4;1H2/t11?,12-,18?;;/m0../s1. The summed E-state index contributed by atoms with van der Waals surface area (Å²) in [7, 11) is 0. The minimum absolute atomic E-state index is 0. The van der Waals surface area contributed by atoms with Gasteiger partial charge in [-0.2, -0.15) is 13.5 Å². The van der Waals surface area contributed by atoms with Crippen molar-refractivity contribution in [2.45, 2.75) is 84.4 Å². The lowest BCUT2D eigenvalue weighted by atomic mass is 9.66. The molecule has 0 aromatic carbocycles. The van der Waals surface area contributed by atoms with Crippen LogP contribution in [0, 0.1) is 5.41 Å². The first-order chi connectivity index (χ1) is 12.4. The van der Waals surface area contributed by atoms with Crippen molar-refractivity contribution in [2.24, 2.45) is 16.9 Å². The fraction of sp³-hybridized carbons (Fsp3) is 0.789. The number of likely N-dealkylation sites (tertiary alicyclic amines) is 1. The fourth-order valence-electron chi connectivity index (χ4n) is 3.82. The average molecular weight is 433 g/mol. The lowest BCUT2D eigenvalue weighted by molar-refractivity contribution is -0.171. The molecule has 10 heteroatoms. The summed E-state index contributed by atoms with van der Waals surface area (Å²) < 4.78 is 5.26. The molecule has 0 aromatic heterocycles. The van der Waals surface area contributed by atoms with Crippen molar-refractivity contribution in [1.82, 2.24) is 10.2 Å². The normalized spacial score (nSPS) is 24.4. The van der Waals surface area contributed by atoms with E-state index in [-0.39, 0.29) is 45.7 Å². The fourth-order valence-corrected chi connectivity index (χ4v) is 3.82. The van der Waals surface area contributed by atoms with E-state index in [0.29, 0.717) is 32.2 Å². The Kier molecular flexibility index (Phi) is 9.49. The highest BCUT2D eigenvalue weighted by molar-refractivity contribution is 7.59. The Hall–Kier alpha value is -1.97. The molecule has 1 aliphatic carbocycles. The molecule has 0 unspecified atom stereocenters. The summed E-state index contributed by atoms with van der Waals surface area (Å²) in [5.41, 5.74) is 9.47. The third-order valence-electron chi connectivity index (χ3n) is 5.22. The van der Waals surface area contributed by atoms with Crippen molar-refractivity contribution >= 4 is 37.3 Å². The number of hydrogen-bond donors (Lipinski definition) is 3. The van der Waals surface area contributed by atoms with E-state index < -0.39 is 35.0 Å². The smallest absolute Gasteiger partial charge is 0.407 e. The molecule has 2 rings (SSSR count). The van der Waals surface area contributed by atoms with E-state index in [2.05, 4.69) is 5.32 Å². The number of amides is 4. The minimum Gasteiger partial charge on any atom is -0.444 e. The van der Waals surface area contributed by atoms with Crippen molar-refractivity contribution in [2.75, 3.05) is 6.54 Å². The lowest BCUT2D eigenvalue weighted by Gasteiger charge is -2.54. The number of primary amides is 2. The molecule has 1 saturated carbocycles. The summed E-state index contributed by atoms with van der Waals surface area (Å²) in [5.74, 6) is -1.26. The number of nitrogens with one attached hydrogen (secondary N) is 1. The highest BCUT2D eigenvalue weighted by atomic mass is 32.1. The summed E-state index contributed by atoms with van der Waals surface area (Å²) in [6.07, 6.45) is 2.30. The Balaban J connectivity index is 0.00000392. The predicted molar refractivity (Wildman–Crippen MR) is 114 cm³/mol. The first-order valence-corrected chi connectivity index (χ1v) is 9.32. The van der Waals surface area contributed by atoms with Crippen LogP contribution < -0.4 is 16.8 Å². The summed E-state index contributed by atoms with van der Waals surface area (Å²) >= 11 is 0. The lowest BCUT2D eigenvalue weighted by Crippen LogP contribution is -2.68. The van der Waals surface area contributed by atoms with E-state index in [1.54, 1.807) is 20.8 Å². The van der Waals surface area contributed by atoms with Crippen LogP contribution in [0.1, 0.15) is 66.7 Å². The second-order valence-corrected chi connectivity index (χ2v) is 8.56. The van der Waals surface area contributed by atoms with Gasteiger partial charge in [0, 0.05) is 19.0 Å². The Morgan fingerprint density at radius 2 is 1.79 bits per heavy atom. The molecule has 1 saturated heterocycles. The first kappa shape index (κ1) is 27.0. The number of carbonyl (C=O) groups is 4. The van der Waals surface area contributed by atoms with Crippen LogP contribution >= 0.6 is 13.5 Å². The quantitative estimate of drug-likeness (QED) is 0.539. The summed E-state index contributed by atoms with van der Waals surface area (Å²) in [6.45, 7) is 5.85. The molecule has 4 amide bonds. The van der Waals surface area contributed by atoms with Gasteiger partial charge in [0.1, 0.15) is 11.6 Å². The predicted octanol–water partition coefficient (Wildman–Crippen LogP) is 1.15. The van der Waals surface area contributed by atoms with Crippen LogP contribution in [0.4, 0.5) is 4.79 Å². The molecule has 29 heavy (non-hydrogen) atoms. The van der Waals surface area contributed by atoms with Gasteiger partial charge in [-0.05, 0) is 52.9 Å². The topological polar surface area (TPSA) is 145 Å². The van der Waals surface area contributed by atoms with Crippen molar-refractivity contribution < 1.29 is 23.9 Å². The maximum Gasteiger partial charge on any atom is 0.407 e. The molecule has 9 nitrogen and oxygen atoms in total. The zero-order valence-corrected chi connectivity index (χ0v) is 17.7. The summed E-state index contributed by atoms with van der Waals surface area (Å²) in [6, 6.07) is -0.831. The van der Waals surface area contributed by atoms with Crippen LogP contribution in [0.15, 0.2) is 0 Å².